The second kappa shape index (κ2) is 6.13. The van der Waals surface area contributed by atoms with Crippen LogP contribution in [0.5, 0.6) is 11.7 Å². The third-order valence-electron chi connectivity index (χ3n) is 3.81. The Hall–Kier alpha value is -3.20. The summed E-state index contributed by atoms with van der Waals surface area (Å²) < 4.78 is 15.9. The highest BCUT2D eigenvalue weighted by atomic mass is 16.6. The maximum absolute atomic E-state index is 12.5. The van der Waals surface area contributed by atoms with Crippen LogP contribution in [0.2, 0.25) is 0 Å². The van der Waals surface area contributed by atoms with Crippen LogP contribution >= 0.6 is 0 Å². The molecule has 24 heavy (non-hydrogen) atoms. The van der Waals surface area contributed by atoms with Gasteiger partial charge in [-0.1, -0.05) is 29.8 Å². The monoisotopic (exact) mass is 324 g/mol. The van der Waals surface area contributed by atoms with Gasteiger partial charge in [0.05, 0.1) is 24.2 Å². The van der Waals surface area contributed by atoms with Crippen molar-refractivity contribution < 1.29 is 13.9 Å². The number of hydrogen-bond donors (Lipinski definition) is 1. The average Bonchev–Trinajstić information content (AvgIpc) is 2.54. The number of aryl methyl sites for hydroxylation is 1. The van der Waals surface area contributed by atoms with Gasteiger partial charge in [0.1, 0.15) is 17.4 Å². The fraction of sp³-hybridized carbons (Fsp3) is 0.222. The van der Waals surface area contributed by atoms with Crippen LogP contribution in [-0.4, -0.2) is 6.61 Å². The van der Waals surface area contributed by atoms with E-state index in [4.69, 9.17) is 19.6 Å². The molecule has 1 unspecified atom stereocenters. The Morgan fingerprint density at radius 2 is 2.04 bits per heavy atom. The first-order valence-electron chi connectivity index (χ1n) is 7.50. The van der Waals surface area contributed by atoms with Crippen molar-refractivity contribution >= 4 is 0 Å². The van der Waals surface area contributed by atoms with Crippen LogP contribution in [0.3, 0.4) is 0 Å². The number of hydrogen-bond acceptors (Lipinski definition) is 6. The van der Waals surface area contributed by atoms with Crippen LogP contribution in [0.1, 0.15) is 29.5 Å². The van der Waals surface area contributed by atoms with Gasteiger partial charge in [0.2, 0.25) is 5.88 Å². The third kappa shape index (κ3) is 2.61. The van der Waals surface area contributed by atoms with E-state index in [9.17, 15) is 10.1 Å². The molecule has 0 spiro atoms. The number of rotatable bonds is 3. The Bertz CT molecular complexity index is 904. The lowest BCUT2D eigenvalue weighted by Gasteiger charge is -2.25. The first kappa shape index (κ1) is 15.7. The van der Waals surface area contributed by atoms with E-state index in [0.29, 0.717) is 6.61 Å². The molecule has 2 aromatic rings. The molecule has 122 valence electrons. The van der Waals surface area contributed by atoms with Crippen LogP contribution in [0.25, 0.3) is 0 Å². The first-order chi connectivity index (χ1) is 11.5. The highest BCUT2D eigenvalue weighted by Gasteiger charge is 2.34. The van der Waals surface area contributed by atoms with E-state index in [1.165, 1.54) is 6.07 Å². The molecule has 0 aliphatic carbocycles. The molecule has 1 aliphatic heterocycles. The maximum atomic E-state index is 12.5. The molecule has 6 heteroatoms. The zero-order valence-electron chi connectivity index (χ0n) is 13.3. The Morgan fingerprint density at radius 1 is 1.33 bits per heavy atom. The molecule has 0 saturated carbocycles. The minimum absolute atomic E-state index is 0.0244. The van der Waals surface area contributed by atoms with Crippen LogP contribution in [0, 0.1) is 18.3 Å². The number of fused-ring (bicyclic) bond motifs is 1. The Balaban J connectivity index is 2.23. The van der Waals surface area contributed by atoms with Gasteiger partial charge in [-0.2, -0.15) is 5.26 Å². The van der Waals surface area contributed by atoms with Gasteiger partial charge in [0.15, 0.2) is 0 Å². The number of benzene rings is 1. The fourth-order valence-electron chi connectivity index (χ4n) is 2.69. The van der Waals surface area contributed by atoms with Gasteiger partial charge < -0.3 is 19.6 Å². The predicted molar refractivity (Wildman–Crippen MR) is 86.6 cm³/mol. The molecule has 2 N–H and O–H groups in total. The molecule has 0 amide bonds. The van der Waals surface area contributed by atoms with Crippen LogP contribution < -0.4 is 20.8 Å². The van der Waals surface area contributed by atoms with E-state index in [2.05, 4.69) is 0 Å². The predicted octanol–water partition coefficient (Wildman–Crippen LogP) is 2.57. The topological polar surface area (TPSA) is 98.5 Å². The molecule has 0 bridgehead atoms. The number of nitriles is 1. The number of nitrogens with two attached hydrogens (primary N) is 1. The first-order valence-corrected chi connectivity index (χ1v) is 7.50. The molecule has 2 heterocycles. The molecule has 1 atom stereocenters. The quantitative estimate of drug-likeness (QED) is 0.931. The van der Waals surface area contributed by atoms with Crippen LogP contribution in [0.4, 0.5) is 0 Å². The SMILES string of the molecule is CCOc1cc2c(c(=O)o1)C(c1ccc(C)cc1)C(C#N)=C(N)O2. The zero-order chi connectivity index (χ0) is 17.3. The summed E-state index contributed by atoms with van der Waals surface area (Å²) in [6.45, 7) is 4.08. The van der Waals surface area contributed by atoms with E-state index >= 15 is 0 Å². The largest absolute Gasteiger partial charge is 0.465 e. The lowest BCUT2D eigenvalue weighted by atomic mass is 9.84. The number of allylic oxidation sites excluding steroid dienone is 1. The van der Waals surface area contributed by atoms with Gasteiger partial charge in [0, 0.05) is 0 Å². The standard InChI is InChI=1S/C18H16N2O4/c1-3-22-14-8-13-16(18(21)24-14)15(12(9-19)17(20)23-13)11-6-4-10(2)5-7-11/h4-8,15H,3,20H2,1-2H3. The lowest BCUT2D eigenvalue weighted by Crippen LogP contribution is -2.26. The Kier molecular flexibility index (Phi) is 4.00. The summed E-state index contributed by atoms with van der Waals surface area (Å²) in [5.74, 6) is -0.358. The molecule has 1 aromatic carbocycles. The fourth-order valence-corrected chi connectivity index (χ4v) is 2.69. The molecule has 3 rings (SSSR count). The summed E-state index contributed by atoms with van der Waals surface area (Å²) in [5.41, 5.74) is 7.55. The van der Waals surface area contributed by atoms with E-state index in [0.717, 1.165) is 11.1 Å². The number of nitrogens with zero attached hydrogens (tertiary/aromatic N) is 1. The van der Waals surface area contributed by atoms with Crippen LogP contribution in [-0.2, 0) is 0 Å². The van der Waals surface area contributed by atoms with Crippen molar-refractivity contribution in [1.82, 2.24) is 0 Å². The highest BCUT2D eigenvalue weighted by molar-refractivity contribution is 5.55. The summed E-state index contributed by atoms with van der Waals surface area (Å²) in [6.07, 6.45) is 0. The molecule has 6 nitrogen and oxygen atoms in total. The summed E-state index contributed by atoms with van der Waals surface area (Å²) in [6, 6.07) is 11.0. The third-order valence-corrected chi connectivity index (χ3v) is 3.81. The Labute approximate surface area is 138 Å². The van der Waals surface area contributed by atoms with Crippen molar-refractivity contribution in [2.24, 2.45) is 5.73 Å². The van der Waals surface area contributed by atoms with Crippen LogP contribution in [0.15, 0.2) is 51.0 Å². The van der Waals surface area contributed by atoms with Crippen molar-refractivity contribution in [2.75, 3.05) is 6.61 Å². The molecule has 0 fully saturated rings. The van der Waals surface area contributed by atoms with Gasteiger partial charge in [-0.3, -0.25) is 0 Å². The van der Waals surface area contributed by atoms with Crippen molar-refractivity contribution in [3.63, 3.8) is 0 Å². The number of ether oxygens (including phenoxy) is 2. The lowest BCUT2D eigenvalue weighted by molar-refractivity contribution is 0.236. The highest BCUT2D eigenvalue weighted by Crippen LogP contribution is 2.41. The molecule has 0 radical (unpaired) electrons. The second-order valence-electron chi connectivity index (χ2n) is 5.40. The summed E-state index contributed by atoms with van der Waals surface area (Å²) in [4.78, 5) is 12.5. The van der Waals surface area contributed by atoms with Gasteiger partial charge in [0.25, 0.3) is 5.95 Å². The van der Waals surface area contributed by atoms with Gasteiger partial charge in [-0.15, -0.1) is 0 Å². The van der Waals surface area contributed by atoms with Crippen molar-refractivity contribution in [1.29, 1.82) is 5.26 Å². The molecule has 1 aliphatic rings. The summed E-state index contributed by atoms with van der Waals surface area (Å²) in [5, 5.41) is 9.48. The minimum Gasteiger partial charge on any atom is -0.465 e. The molecule has 1 aromatic heterocycles. The van der Waals surface area contributed by atoms with E-state index in [-0.39, 0.29) is 28.7 Å². The second-order valence-corrected chi connectivity index (χ2v) is 5.40. The van der Waals surface area contributed by atoms with E-state index in [1.807, 2.05) is 37.3 Å². The Morgan fingerprint density at radius 3 is 2.67 bits per heavy atom. The van der Waals surface area contributed by atoms with E-state index in [1.54, 1.807) is 6.92 Å². The van der Waals surface area contributed by atoms with Crippen molar-refractivity contribution in [3.8, 4) is 17.8 Å². The normalized spacial score (nSPS) is 16.1. The smallest absolute Gasteiger partial charge is 0.346 e. The van der Waals surface area contributed by atoms with Crippen molar-refractivity contribution in [2.45, 2.75) is 19.8 Å². The van der Waals surface area contributed by atoms with Crippen molar-refractivity contribution in [3.05, 3.63) is 68.9 Å². The average molecular weight is 324 g/mol. The molecular weight excluding hydrogens is 308 g/mol. The van der Waals surface area contributed by atoms with E-state index < -0.39 is 11.5 Å². The summed E-state index contributed by atoms with van der Waals surface area (Å²) >= 11 is 0. The summed E-state index contributed by atoms with van der Waals surface area (Å²) in [7, 11) is 0. The van der Waals surface area contributed by atoms with Gasteiger partial charge in [-0.05, 0) is 19.4 Å². The molecule has 0 saturated heterocycles. The van der Waals surface area contributed by atoms with Gasteiger partial charge >= 0.3 is 5.63 Å². The minimum atomic E-state index is -0.633. The zero-order valence-corrected chi connectivity index (χ0v) is 13.3. The maximum Gasteiger partial charge on any atom is 0.346 e. The van der Waals surface area contributed by atoms with Gasteiger partial charge in [-0.25, -0.2) is 4.79 Å². The molecular formula is C18H16N2O4.